The SMILES string of the molecule is N#CCc1cnc(Br)c(Cl)c1. The van der Waals surface area contributed by atoms with Crippen molar-refractivity contribution in [2.24, 2.45) is 0 Å². The van der Waals surface area contributed by atoms with E-state index in [1.807, 2.05) is 6.07 Å². The van der Waals surface area contributed by atoms with Gasteiger partial charge in [0.2, 0.25) is 0 Å². The molecule has 1 aromatic heterocycles. The molecule has 4 heteroatoms. The topological polar surface area (TPSA) is 36.7 Å². The smallest absolute Gasteiger partial charge is 0.124 e. The van der Waals surface area contributed by atoms with Gasteiger partial charge in [-0.1, -0.05) is 11.6 Å². The van der Waals surface area contributed by atoms with E-state index in [0.717, 1.165) is 5.56 Å². The minimum absolute atomic E-state index is 0.347. The van der Waals surface area contributed by atoms with E-state index >= 15 is 0 Å². The minimum Gasteiger partial charge on any atom is -0.247 e. The lowest BCUT2D eigenvalue weighted by atomic mass is 10.2. The second-order valence-corrected chi connectivity index (χ2v) is 3.11. The van der Waals surface area contributed by atoms with Crippen molar-refractivity contribution in [3.05, 3.63) is 27.5 Å². The first kappa shape index (κ1) is 8.51. The largest absolute Gasteiger partial charge is 0.247 e. The Morgan fingerprint density at radius 2 is 2.45 bits per heavy atom. The highest BCUT2D eigenvalue weighted by atomic mass is 79.9. The average molecular weight is 231 g/mol. The Labute approximate surface area is 77.9 Å². The Balaban J connectivity index is 2.98. The monoisotopic (exact) mass is 230 g/mol. The molecule has 2 nitrogen and oxygen atoms in total. The zero-order chi connectivity index (χ0) is 8.27. The van der Waals surface area contributed by atoms with Crippen LogP contribution in [0.1, 0.15) is 5.56 Å². The molecule has 0 saturated carbocycles. The molecule has 0 spiro atoms. The van der Waals surface area contributed by atoms with Gasteiger partial charge in [-0.25, -0.2) is 4.98 Å². The van der Waals surface area contributed by atoms with Crippen LogP contribution in [0.15, 0.2) is 16.9 Å². The lowest BCUT2D eigenvalue weighted by Gasteiger charge is -1.96. The van der Waals surface area contributed by atoms with Gasteiger partial charge in [-0.2, -0.15) is 5.26 Å². The van der Waals surface area contributed by atoms with Crippen LogP contribution in [-0.4, -0.2) is 4.98 Å². The molecule has 0 N–H and O–H groups in total. The van der Waals surface area contributed by atoms with Crippen molar-refractivity contribution in [2.45, 2.75) is 6.42 Å². The average Bonchev–Trinajstić information content (AvgIpc) is 1.98. The molecule has 56 valence electrons. The second-order valence-electron chi connectivity index (χ2n) is 1.95. The third-order valence-corrected chi connectivity index (χ3v) is 2.28. The molecule has 0 atom stereocenters. The number of aromatic nitrogens is 1. The lowest BCUT2D eigenvalue weighted by Crippen LogP contribution is -1.84. The van der Waals surface area contributed by atoms with Gasteiger partial charge in [-0.15, -0.1) is 0 Å². The van der Waals surface area contributed by atoms with Gasteiger partial charge in [0, 0.05) is 6.20 Å². The van der Waals surface area contributed by atoms with Crippen LogP contribution in [0.3, 0.4) is 0 Å². The summed E-state index contributed by atoms with van der Waals surface area (Å²) in [5.74, 6) is 0. The van der Waals surface area contributed by atoms with Crippen molar-refractivity contribution in [3.63, 3.8) is 0 Å². The highest BCUT2D eigenvalue weighted by Crippen LogP contribution is 2.20. The Hall–Kier alpha value is -0.590. The summed E-state index contributed by atoms with van der Waals surface area (Å²) in [5, 5.41) is 8.89. The van der Waals surface area contributed by atoms with Crippen molar-refractivity contribution in [3.8, 4) is 6.07 Å². The van der Waals surface area contributed by atoms with Crippen molar-refractivity contribution < 1.29 is 0 Å². The summed E-state index contributed by atoms with van der Waals surface area (Å²) in [6.45, 7) is 0. The van der Waals surface area contributed by atoms with Crippen molar-refractivity contribution >= 4 is 27.5 Å². The van der Waals surface area contributed by atoms with Crippen LogP contribution in [0.2, 0.25) is 5.02 Å². The summed E-state index contributed by atoms with van der Waals surface area (Å²) >= 11 is 8.89. The number of halogens is 2. The van der Waals surface area contributed by atoms with E-state index in [1.54, 1.807) is 12.3 Å². The van der Waals surface area contributed by atoms with Gasteiger partial charge in [0.15, 0.2) is 0 Å². The number of pyridine rings is 1. The number of nitrogens with zero attached hydrogens (tertiary/aromatic N) is 2. The van der Waals surface area contributed by atoms with Crippen molar-refractivity contribution in [1.29, 1.82) is 5.26 Å². The third-order valence-electron chi connectivity index (χ3n) is 1.14. The molecule has 0 bridgehead atoms. The van der Waals surface area contributed by atoms with Crippen LogP contribution in [0.4, 0.5) is 0 Å². The maximum absolute atomic E-state index is 8.35. The number of hydrogen-bond donors (Lipinski definition) is 0. The highest BCUT2D eigenvalue weighted by Gasteiger charge is 1.98. The first-order chi connectivity index (χ1) is 5.24. The van der Waals surface area contributed by atoms with E-state index in [0.29, 0.717) is 16.0 Å². The van der Waals surface area contributed by atoms with Gasteiger partial charge in [-0.3, -0.25) is 0 Å². The summed E-state index contributed by atoms with van der Waals surface area (Å²) in [6, 6.07) is 3.74. The minimum atomic E-state index is 0.347. The molecule has 0 aliphatic carbocycles. The van der Waals surface area contributed by atoms with Crippen LogP contribution >= 0.6 is 27.5 Å². The summed E-state index contributed by atoms with van der Waals surface area (Å²) in [7, 11) is 0. The fraction of sp³-hybridized carbons (Fsp3) is 0.143. The lowest BCUT2D eigenvalue weighted by molar-refractivity contribution is 1.17. The second kappa shape index (κ2) is 3.70. The van der Waals surface area contributed by atoms with Gasteiger partial charge in [0.25, 0.3) is 0 Å². The van der Waals surface area contributed by atoms with Crippen LogP contribution in [0.25, 0.3) is 0 Å². The predicted molar refractivity (Wildman–Crippen MR) is 46.3 cm³/mol. The molecule has 0 amide bonds. The predicted octanol–water partition coefficient (Wildman–Crippen LogP) is 2.56. The first-order valence-electron chi connectivity index (χ1n) is 2.91. The molecular formula is C7H4BrClN2. The Bertz CT molecular complexity index is 306. The fourth-order valence-electron chi connectivity index (χ4n) is 0.649. The number of hydrogen-bond acceptors (Lipinski definition) is 2. The normalized spacial score (nSPS) is 9.18. The van der Waals surface area contributed by atoms with Crippen LogP contribution in [-0.2, 0) is 6.42 Å². The standard InChI is InChI=1S/C7H4BrClN2/c8-7-6(9)3-5(1-2-10)4-11-7/h3-4H,1H2. The van der Waals surface area contributed by atoms with Gasteiger partial charge in [-0.05, 0) is 27.6 Å². The van der Waals surface area contributed by atoms with Gasteiger partial charge >= 0.3 is 0 Å². The van der Waals surface area contributed by atoms with Gasteiger partial charge in [0.05, 0.1) is 17.5 Å². The fourth-order valence-corrected chi connectivity index (χ4v) is 1.05. The highest BCUT2D eigenvalue weighted by molar-refractivity contribution is 9.10. The van der Waals surface area contributed by atoms with E-state index < -0.39 is 0 Å². The number of rotatable bonds is 1. The van der Waals surface area contributed by atoms with Crippen LogP contribution < -0.4 is 0 Å². The molecule has 0 unspecified atom stereocenters. The molecule has 11 heavy (non-hydrogen) atoms. The molecule has 0 saturated heterocycles. The first-order valence-corrected chi connectivity index (χ1v) is 4.08. The summed E-state index contributed by atoms with van der Waals surface area (Å²) in [5.41, 5.74) is 0.834. The van der Waals surface area contributed by atoms with E-state index in [2.05, 4.69) is 20.9 Å². The summed E-state index contributed by atoms with van der Waals surface area (Å²) in [4.78, 5) is 3.93. The third kappa shape index (κ3) is 2.18. The van der Waals surface area contributed by atoms with Crippen molar-refractivity contribution in [2.75, 3.05) is 0 Å². The summed E-state index contributed by atoms with van der Waals surface area (Å²) in [6.07, 6.45) is 1.97. The van der Waals surface area contributed by atoms with Crippen LogP contribution in [0, 0.1) is 11.3 Å². The molecule has 0 aromatic carbocycles. The molecule has 0 fully saturated rings. The molecule has 1 rings (SSSR count). The maximum atomic E-state index is 8.35. The molecule has 0 aliphatic heterocycles. The van der Waals surface area contributed by atoms with Gasteiger partial charge in [0.1, 0.15) is 4.60 Å². The van der Waals surface area contributed by atoms with E-state index in [-0.39, 0.29) is 0 Å². The van der Waals surface area contributed by atoms with Crippen molar-refractivity contribution in [1.82, 2.24) is 4.98 Å². The van der Waals surface area contributed by atoms with E-state index in [9.17, 15) is 0 Å². The molecule has 0 aliphatic rings. The molecule has 1 aromatic rings. The Kier molecular flexibility index (Phi) is 2.86. The molecular weight excluding hydrogens is 227 g/mol. The zero-order valence-corrected chi connectivity index (χ0v) is 7.85. The Morgan fingerprint density at radius 3 is 3.00 bits per heavy atom. The Morgan fingerprint density at radius 1 is 1.73 bits per heavy atom. The summed E-state index contributed by atoms with van der Waals surface area (Å²) < 4.78 is 0.612. The zero-order valence-electron chi connectivity index (χ0n) is 5.51. The van der Waals surface area contributed by atoms with E-state index in [1.165, 1.54) is 0 Å². The quantitative estimate of drug-likeness (QED) is 0.697. The molecule has 1 heterocycles. The number of nitriles is 1. The molecule has 0 radical (unpaired) electrons. The van der Waals surface area contributed by atoms with Crippen LogP contribution in [0.5, 0.6) is 0 Å². The maximum Gasteiger partial charge on any atom is 0.124 e. The van der Waals surface area contributed by atoms with Gasteiger partial charge < -0.3 is 0 Å². The van der Waals surface area contributed by atoms with E-state index in [4.69, 9.17) is 16.9 Å².